The Labute approximate surface area is 198 Å². The molecule has 0 radical (unpaired) electrons. The Balaban J connectivity index is 1.95. The highest BCUT2D eigenvalue weighted by atomic mass is 32.2. The van der Waals surface area contributed by atoms with Crippen molar-refractivity contribution in [2.24, 2.45) is 0 Å². The predicted octanol–water partition coefficient (Wildman–Crippen LogP) is 2.71. The van der Waals surface area contributed by atoms with Crippen LogP contribution in [0.4, 0.5) is 21.6 Å². The van der Waals surface area contributed by atoms with Crippen molar-refractivity contribution < 1.29 is 23.2 Å². The summed E-state index contributed by atoms with van der Waals surface area (Å²) in [6, 6.07) is 7.49. The number of aliphatic hydroxyl groups excluding tert-OH is 1. The summed E-state index contributed by atoms with van der Waals surface area (Å²) in [5, 5.41) is 12.9. The van der Waals surface area contributed by atoms with Crippen LogP contribution < -0.4 is 14.8 Å². The van der Waals surface area contributed by atoms with Crippen LogP contribution in [0.25, 0.3) is 10.9 Å². The van der Waals surface area contributed by atoms with Gasteiger partial charge in [-0.25, -0.2) is 18.6 Å². The fourth-order valence-electron chi connectivity index (χ4n) is 3.43. The molecule has 3 aromatic rings. The standard InChI is InChI=1S/C23H28FN5O4S/c1-14-10-17(28-34(4,5)32)12-19-21(14)22(26-13-25-19)27-18-7-6-16(24)11-20(18)33-15(2)23(31)29(3)8-9-30/h6-7,10-13,15,30H,4,8-9H2,1-3,5H3,(H,28,32)(H,25,26,27)/t15-,34?/m1/s1. The van der Waals surface area contributed by atoms with Crippen molar-refractivity contribution in [1.82, 2.24) is 14.9 Å². The molecule has 1 amide bonds. The van der Waals surface area contributed by atoms with Gasteiger partial charge in [0.1, 0.15) is 23.7 Å². The lowest BCUT2D eigenvalue weighted by Crippen LogP contribution is -2.39. The molecular formula is C23H28FN5O4S. The zero-order valence-electron chi connectivity index (χ0n) is 19.5. The lowest BCUT2D eigenvalue weighted by molar-refractivity contribution is -0.137. The highest BCUT2D eigenvalue weighted by molar-refractivity contribution is 8.00. The number of aryl methyl sites for hydroxylation is 1. The summed E-state index contributed by atoms with van der Waals surface area (Å²) < 4.78 is 34.7. The zero-order chi connectivity index (χ0) is 25.0. The molecule has 1 aromatic heterocycles. The highest BCUT2D eigenvalue weighted by Crippen LogP contribution is 2.33. The molecule has 0 aliphatic heterocycles. The van der Waals surface area contributed by atoms with Crippen molar-refractivity contribution in [3.05, 3.63) is 48.0 Å². The molecule has 0 aliphatic carbocycles. The number of carbonyl (C=O) groups is 1. The number of carbonyl (C=O) groups excluding carboxylic acids is 1. The van der Waals surface area contributed by atoms with Gasteiger partial charge in [-0.1, -0.05) is 0 Å². The molecule has 1 heterocycles. The van der Waals surface area contributed by atoms with Crippen molar-refractivity contribution in [2.75, 3.05) is 36.5 Å². The van der Waals surface area contributed by atoms with Crippen LogP contribution in [0.1, 0.15) is 12.5 Å². The summed E-state index contributed by atoms with van der Waals surface area (Å²) in [7, 11) is -0.916. The van der Waals surface area contributed by atoms with Crippen LogP contribution in [0.2, 0.25) is 0 Å². The van der Waals surface area contributed by atoms with Gasteiger partial charge >= 0.3 is 0 Å². The summed E-state index contributed by atoms with van der Waals surface area (Å²) in [6.07, 6.45) is 1.97. The minimum atomic E-state index is -2.47. The average Bonchev–Trinajstić information content (AvgIpc) is 2.73. The second kappa shape index (κ2) is 10.2. The van der Waals surface area contributed by atoms with Gasteiger partial charge in [0.25, 0.3) is 5.91 Å². The van der Waals surface area contributed by atoms with E-state index >= 15 is 0 Å². The quantitative estimate of drug-likeness (QED) is 0.396. The van der Waals surface area contributed by atoms with E-state index in [-0.39, 0.29) is 24.8 Å². The van der Waals surface area contributed by atoms with Gasteiger partial charge in [0.2, 0.25) is 0 Å². The largest absolute Gasteiger partial charge is 0.479 e. The Hall–Kier alpha value is -3.44. The Morgan fingerprint density at radius 3 is 2.74 bits per heavy atom. The fourth-order valence-corrected chi connectivity index (χ4v) is 4.05. The Kier molecular flexibility index (Phi) is 7.57. The van der Waals surface area contributed by atoms with E-state index in [4.69, 9.17) is 9.84 Å². The molecule has 34 heavy (non-hydrogen) atoms. The van der Waals surface area contributed by atoms with Crippen LogP contribution in [-0.4, -0.2) is 68.5 Å². The van der Waals surface area contributed by atoms with E-state index in [2.05, 4.69) is 25.9 Å². The zero-order valence-corrected chi connectivity index (χ0v) is 20.3. The average molecular weight is 490 g/mol. The van der Waals surface area contributed by atoms with Gasteiger partial charge in [-0.05, 0) is 49.5 Å². The molecule has 3 N–H and O–H groups in total. The monoisotopic (exact) mass is 489 g/mol. The Bertz CT molecular complexity index is 1320. The Morgan fingerprint density at radius 1 is 1.32 bits per heavy atom. The lowest BCUT2D eigenvalue weighted by Gasteiger charge is -2.23. The number of anilines is 3. The van der Waals surface area contributed by atoms with Crippen molar-refractivity contribution in [3.8, 4) is 5.75 Å². The molecule has 0 aliphatic rings. The van der Waals surface area contributed by atoms with Crippen molar-refractivity contribution in [2.45, 2.75) is 20.0 Å². The first-order chi connectivity index (χ1) is 16.0. The summed E-state index contributed by atoms with van der Waals surface area (Å²) in [6.45, 7) is 3.40. The van der Waals surface area contributed by atoms with Crippen molar-refractivity contribution >= 4 is 49.6 Å². The lowest BCUT2D eigenvalue weighted by atomic mass is 10.1. The molecule has 11 heteroatoms. The fraction of sp³-hybridized carbons (Fsp3) is 0.304. The second-order valence-corrected chi connectivity index (χ2v) is 10.2. The van der Waals surface area contributed by atoms with Crippen LogP contribution in [0, 0.1) is 12.7 Å². The summed E-state index contributed by atoms with van der Waals surface area (Å²) in [4.78, 5) is 22.5. The van der Waals surface area contributed by atoms with Crippen LogP contribution >= 0.6 is 0 Å². The second-order valence-electron chi connectivity index (χ2n) is 8.03. The topological polar surface area (TPSA) is 117 Å². The predicted molar refractivity (Wildman–Crippen MR) is 134 cm³/mol. The third kappa shape index (κ3) is 6.12. The third-order valence-corrected chi connectivity index (χ3v) is 5.60. The van der Waals surface area contributed by atoms with E-state index < -0.39 is 21.6 Å². The minimum Gasteiger partial charge on any atom is -0.479 e. The maximum atomic E-state index is 14.0. The molecule has 2 atom stereocenters. The molecule has 0 bridgehead atoms. The smallest absolute Gasteiger partial charge is 0.263 e. The number of nitrogens with one attached hydrogen (secondary N) is 2. The number of rotatable bonds is 9. The molecule has 0 saturated carbocycles. The van der Waals surface area contributed by atoms with Gasteiger partial charge in [0, 0.05) is 46.7 Å². The third-order valence-electron chi connectivity index (χ3n) is 4.93. The SMILES string of the molecule is C=S(C)(=O)Nc1cc(C)c2c(Nc3ccc(F)cc3O[C@H](C)C(=O)N(C)CCO)ncnc2c1. The van der Waals surface area contributed by atoms with Gasteiger partial charge in [-0.2, -0.15) is 0 Å². The van der Waals surface area contributed by atoms with E-state index in [1.807, 2.05) is 13.0 Å². The highest BCUT2D eigenvalue weighted by Gasteiger charge is 2.21. The van der Waals surface area contributed by atoms with Crippen LogP contribution in [0.3, 0.4) is 0 Å². The van der Waals surface area contributed by atoms with Gasteiger partial charge in [-0.15, -0.1) is 0 Å². The summed E-state index contributed by atoms with van der Waals surface area (Å²) >= 11 is 0. The van der Waals surface area contributed by atoms with E-state index in [0.717, 1.165) is 5.56 Å². The number of nitrogens with zero attached hydrogens (tertiary/aromatic N) is 3. The first-order valence-electron chi connectivity index (χ1n) is 10.4. The number of likely N-dealkylation sites (N-methyl/N-ethyl adjacent to an activating group) is 1. The van der Waals surface area contributed by atoms with Crippen LogP contribution in [-0.2, 0) is 14.5 Å². The van der Waals surface area contributed by atoms with Gasteiger partial charge in [0.05, 0.1) is 17.8 Å². The number of aromatic nitrogens is 2. The molecule has 9 nitrogen and oxygen atoms in total. The molecule has 1 unspecified atom stereocenters. The van der Waals surface area contributed by atoms with E-state index in [1.54, 1.807) is 20.0 Å². The minimum absolute atomic E-state index is 0.128. The maximum Gasteiger partial charge on any atom is 0.263 e. The number of hydrogen-bond acceptors (Lipinski definition) is 7. The van der Waals surface area contributed by atoms with Crippen molar-refractivity contribution in [1.29, 1.82) is 0 Å². The first-order valence-corrected chi connectivity index (χ1v) is 12.6. The molecule has 0 fully saturated rings. The molecule has 0 spiro atoms. The van der Waals surface area contributed by atoms with E-state index in [1.165, 1.54) is 35.7 Å². The number of halogens is 1. The van der Waals surface area contributed by atoms with E-state index in [0.29, 0.717) is 28.1 Å². The van der Waals surface area contributed by atoms with Gasteiger partial charge in [0.15, 0.2) is 6.10 Å². The van der Waals surface area contributed by atoms with Crippen LogP contribution in [0.15, 0.2) is 36.7 Å². The number of amides is 1. The molecule has 2 aromatic carbocycles. The van der Waals surface area contributed by atoms with Gasteiger partial charge in [-0.3, -0.25) is 4.79 Å². The molecule has 182 valence electrons. The van der Waals surface area contributed by atoms with Crippen molar-refractivity contribution in [3.63, 3.8) is 0 Å². The first kappa shape index (κ1) is 25.2. The van der Waals surface area contributed by atoms with E-state index in [9.17, 15) is 13.4 Å². The number of aliphatic hydroxyl groups is 1. The molecular weight excluding hydrogens is 461 g/mol. The normalized spacial score (nSPS) is 13.7. The van der Waals surface area contributed by atoms with Crippen LogP contribution in [0.5, 0.6) is 5.75 Å². The summed E-state index contributed by atoms with van der Waals surface area (Å²) in [5.41, 5.74) is 2.43. The number of fused-ring (bicyclic) bond motifs is 1. The number of ether oxygens (including phenoxy) is 1. The molecule has 3 rings (SSSR count). The van der Waals surface area contributed by atoms with Gasteiger partial charge < -0.3 is 24.8 Å². The maximum absolute atomic E-state index is 14.0. The Morgan fingerprint density at radius 2 is 2.06 bits per heavy atom. The number of hydrogen-bond donors (Lipinski definition) is 3. The number of benzene rings is 2. The molecule has 0 saturated heterocycles. The summed E-state index contributed by atoms with van der Waals surface area (Å²) in [5.74, 6) is 3.31.